The number of hydrogen-bond acceptors (Lipinski definition) is 3. The molecule has 88 valence electrons. The van der Waals surface area contributed by atoms with Crippen molar-refractivity contribution >= 4 is 17.6 Å². The van der Waals surface area contributed by atoms with Gasteiger partial charge in [0, 0.05) is 5.69 Å². The number of aryl methyl sites for hydroxylation is 1. The Balaban J connectivity index is 2.58. The molecule has 1 N–H and O–H groups in total. The lowest BCUT2D eigenvalue weighted by Gasteiger charge is -2.06. The maximum Gasteiger partial charge on any atom is 0.356 e. The Labute approximate surface area is 103 Å². The van der Waals surface area contributed by atoms with Crippen molar-refractivity contribution in [3.05, 3.63) is 40.6 Å². The Kier molecular flexibility index (Phi) is 2.85. The zero-order valence-corrected chi connectivity index (χ0v) is 10.1. The molecule has 0 unspecified atom stereocenters. The largest absolute Gasteiger partial charge is 0.476 e. The number of aromatic nitrogens is 3. The van der Waals surface area contributed by atoms with Gasteiger partial charge in [0.15, 0.2) is 5.69 Å². The van der Waals surface area contributed by atoms with Crippen LogP contribution in [-0.2, 0) is 0 Å². The lowest BCUT2D eigenvalue weighted by molar-refractivity contribution is 0.0690. The highest BCUT2D eigenvalue weighted by Gasteiger charge is 2.13. The zero-order valence-electron chi connectivity index (χ0n) is 9.31. The summed E-state index contributed by atoms with van der Waals surface area (Å²) in [6.45, 7) is 3.76. The maximum atomic E-state index is 10.9. The summed E-state index contributed by atoms with van der Waals surface area (Å²) in [5, 5.41) is 9.06. The van der Waals surface area contributed by atoms with Crippen molar-refractivity contribution in [2.75, 3.05) is 0 Å². The lowest BCUT2D eigenvalue weighted by atomic mass is 10.3. The highest BCUT2D eigenvalue weighted by Crippen LogP contribution is 2.18. The van der Waals surface area contributed by atoms with E-state index in [9.17, 15) is 4.79 Å². The molecule has 0 saturated carbocycles. The zero-order chi connectivity index (χ0) is 12.6. The topological polar surface area (TPSA) is 68.0 Å². The second-order valence-electron chi connectivity index (χ2n) is 3.59. The van der Waals surface area contributed by atoms with Crippen molar-refractivity contribution in [2.24, 2.45) is 0 Å². The molecule has 0 radical (unpaired) electrons. The van der Waals surface area contributed by atoms with Crippen LogP contribution in [0, 0.1) is 13.8 Å². The van der Waals surface area contributed by atoms with Gasteiger partial charge >= 0.3 is 5.97 Å². The first-order chi connectivity index (χ1) is 8.00. The Bertz CT molecular complexity index is 592. The van der Waals surface area contributed by atoms with Crippen LogP contribution in [0.25, 0.3) is 5.82 Å². The fourth-order valence-corrected chi connectivity index (χ4v) is 1.63. The average molecular weight is 252 g/mol. The molecule has 0 bridgehead atoms. The third-order valence-electron chi connectivity index (χ3n) is 2.53. The van der Waals surface area contributed by atoms with E-state index < -0.39 is 5.97 Å². The summed E-state index contributed by atoms with van der Waals surface area (Å²) in [5.41, 5.74) is 1.63. The first-order valence-electron chi connectivity index (χ1n) is 4.91. The summed E-state index contributed by atoms with van der Waals surface area (Å²) in [5.74, 6) is -0.656. The van der Waals surface area contributed by atoms with E-state index in [-0.39, 0.29) is 10.7 Å². The number of aromatic carboxylic acids is 1. The Hall–Kier alpha value is -1.88. The maximum absolute atomic E-state index is 10.9. The molecule has 0 aliphatic heterocycles. The van der Waals surface area contributed by atoms with E-state index in [0.29, 0.717) is 5.82 Å². The molecule has 5 nitrogen and oxygen atoms in total. The van der Waals surface area contributed by atoms with Gasteiger partial charge in [-0.1, -0.05) is 11.6 Å². The van der Waals surface area contributed by atoms with Gasteiger partial charge in [-0.2, -0.15) is 0 Å². The summed E-state index contributed by atoms with van der Waals surface area (Å²) in [4.78, 5) is 19.1. The predicted octanol–water partition coefficient (Wildman–Crippen LogP) is 2.24. The summed E-state index contributed by atoms with van der Waals surface area (Å²) < 4.78 is 1.72. The number of imidazole rings is 1. The molecule has 0 aromatic carbocycles. The van der Waals surface area contributed by atoms with Crippen LogP contribution in [0.15, 0.2) is 18.5 Å². The van der Waals surface area contributed by atoms with Crippen LogP contribution in [-0.4, -0.2) is 25.6 Å². The quantitative estimate of drug-likeness (QED) is 0.889. The summed E-state index contributed by atoms with van der Waals surface area (Å²) in [7, 11) is 0. The molecule has 6 heteroatoms. The molecule has 0 fully saturated rings. The number of rotatable bonds is 2. The van der Waals surface area contributed by atoms with Gasteiger partial charge in [0.05, 0.1) is 10.7 Å². The number of pyridine rings is 1. The van der Waals surface area contributed by atoms with E-state index in [0.717, 1.165) is 11.4 Å². The van der Waals surface area contributed by atoms with E-state index in [1.807, 2.05) is 13.8 Å². The van der Waals surface area contributed by atoms with Gasteiger partial charge in [-0.15, -0.1) is 0 Å². The van der Waals surface area contributed by atoms with Gasteiger partial charge in [0.25, 0.3) is 0 Å². The van der Waals surface area contributed by atoms with Crippen molar-refractivity contribution in [1.29, 1.82) is 0 Å². The lowest BCUT2D eigenvalue weighted by Crippen LogP contribution is -2.06. The van der Waals surface area contributed by atoms with Crippen LogP contribution in [0.2, 0.25) is 5.02 Å². The number of carboxylic acid groups (broad SMARTS) is 1. The molecular weight excluding hydrogens is 242 g/mol. The van der Waals surface area contributed by atoms with Crippen molar-refractivity contribution in [2.45, 2.75) is 13.8 Å². The molecule has 2 aromatic rings. The van der Waals surface area contributed by atoms with Crippen LogP contribution < -0.4 is 0 Å². The molecule has 17 heavy (non-hydrogen) atoms. The predicted molar refractivity (Wildman–Crippen MR) is 62.8 cm³/mol. The van der Waals surface area contributed by atoms with Gasteiger partial charge in [0.1, 0.15) is 12.1 Å². The van der Waals surface area contributed by atoms with Crippen LogP contribution >= 0.6 is 11.6 Å². The standard InChI is InChI=1S/C11H10ClN3O2/c1-6-7(2)15(5-13-6)9-4-3-8(12)10(14-9)11(16)17/h3-5H,1-2H3,(H,16,17). The van der Waals surface area contributed by atoms with E-state index in [2.05, 4.69) is 9.97 Å². The Morgan fingerprint density at radius 1 is 1.41 bits per heavy atom. The molecule has 0 amide bonds. The van der Waals surface area contributed by atoms with Crippen molar-refractivity contribution in [3.63, 3.8) is 0 Å². The van der Waals surface area contributed by atoms with Crippen molar-refractivity contribution in [3.8, 4) is 5.82 Å². The molecule has 0 aliphatic carbocycles. The van der Waals surface area contributed by atoms with Crippen LogP contribution in [0.1, 0.15) is 21.9 Å². The van der Waals surface area contributed by atoms with Gasteiger partial charge in [-0.3, -0.25) is 4.57 Å². The van der Waals surface area contributed by atoms with Gasteiger partial charge in [0.2, 0.25) is 0 Å². The van der Waals surface area contributed by atoms with Gasteiger partial charge in [-0.25, -0.2) is 14.8 Å². The molecule has 0 spiro atoms. The number of carbonyl (C=O) groups is 1. The first-order valence-corrected chi connectivity index (χ1v) is 5.29. The molecule has 2 aromatic heterocycles. The van der Waals surface area contributed by atoms with Crippen LogP contribution in [0.4, 0.5) is 0 Å². The number of carboxylic acids is 1. The van der Waals surface area contributed by atoms with Crippen molar-refractivity contribution < 1.29 is 9.90 Å². The van der Waals surface area contributed by atoms with Gasteiger partial charge in [-0.05, 0) is 26.0 Å². The minimum absolute atomic E-state index is 0.121. The van der Waals surface area contributed by atoms with E-state index >= 15 is 0 Å². The van der Waals surface area contributed by atoms with Crippen LogP contribution in [0.3, 0.4) is 0 Å². The first kappa shape index (κ1) is 11.6. The highest BCUT2D eigenvalue weighted by atomic mass is 35.5. The van der Waals surface area contributed by atoms with Crippen LogP contribution in [0.5, 0.6) is 0 Å². The van der Waals surface area contributed by atoms with E-state index in [1.165, 1.54) is 6.07 Å². The monoisotopic (exact) mass is 251 g/mol. The Morgan fingerprint density at radius 2 is 2.12 bits per heavy atom. The minimum atomic E-state index is -1.15. The van der Waals surface area contributed by atoms with E-state index in [1.54, 1.807) is 17.0 Å². The molecule has 2 heterocycles. The smallest absolute Gasteiger partial charge is 0.356 e. The second-order valence-corrected chi connectivity index (χ2v) is 4.00. The fourth-order valence-electron chi connectivity index (χ4n) is 1.45. The van der Waals surface area contributed by atoms with E-state index in [4.69, 9.17) is 16.7 Å². The minimum Gasteiger partial charge on any atom is -0.476 e. The van der Waals surface area contributed by atoms with Crippen molar-refractivity contribution in [1.82, 2.24) is 14.5 Å². The third kappa shape index (κ3) is 2.01. The number of hydrogen-bond donors (Lipinski definition) is 1. The van der Waals surface area contributed by atoms with Gasteiger partial charge < -0.3 is 5.11 Å². The summed E-state index contributed by atoms with van der Waals surface area (Å²) >= 11 is 5.76. The third-order valence-corrected chi connectivity index (χ3v) is 2.84. The fraction of sp³-hybridized carbons (Fsp3) is 0.182. The highest BCUT2D eigenvalue weighted by molar-refractivity contribution is 6.33. The summed E-state index contributed by atoms with van der Waals surface area (Å²) in [6.07, 6.45) is 1.60. The molecule has 2 rings (SSSR count). The molecule has 0 aliphatic rings. The normalized spacial score (nSPS) is 10.5. The summed E-state index contributed by atoms with van der Waals surface area (Å²) in [6, 6.07) is 3.17. The molecular formula is C11H10ClN3O2. The average Bonchev–Trinajstić information content (AvgIpc) is 2.60. The number of halogens is 1. The molecule has 0 atom stereocenters. The SMILES string of the molecule is Cc1ncn(-c2ccc(Cl)c(C(=O)O)n2)c1C. The molecule has 0 saturated heterocycles. The Morgan fingerprint density at radius 3 is 2.65 bits per heavy atom. The second kappa shape index (κ2) is 4.18. The number of nitrogens with zero attached hydrogens (tertiary/aromatic N) is 3.